The second-order valence-corrected chi connectivity index (χ2v) is 3.78. The molecule has 3 nitrogen and oxygen atoms in total. The number of esters is 1. The predicted molar refractivity (Wildman–Crippen MR) is 70.9 cm³/mol. The van der Waals surface area contributed by atoms with Gasteiger partial charge in [0.2, 0.25) is 0 Å². The van der Waals surface area contributed by atoms with Gasteiger partial charge in [-0.1, -0.05) is 24.3 Å². The third-order valence-corrected chi connectivity index (χ3v) is 2.32. The summed E-state index contributed by atoms with van der Waals surface area (Å²) in [7, 11) is 0. The Morgan fingerprint density at radius 2 is 1.56 bits per heavy atom. The van der Waals surface area contributed by atoms with Crippen LogP contribution in [0.1, 0.15) is 18.1 Å². The first kappa shape index (κ1) is 12.0. The summed E-state index contributed by atoms with van der Waals surface area (Å²) in [5.74, 6) is 0.249. The van der Waals surface area contributed by atoms with Gasteiger partial charge in [-0.05, 0) is 35.4 Å². The molecule has 1 aromatic heterocycles. The first-order valence-corrected chi connectivity index (χ1v) is 5.60. The summed E-state index contributed by atoms with van der Waals surface area (Å²) in [4.78, 5) is 14.7. The Balaban J connectivity index is 2.06. The molecule has 0 radical (unpaired) electrons. The van der Waals surface area contributed by atoms with Crippen LogP contribution in [0.3, 0.4) is 0 Å². The molecule has 0 N–H and O–H groups in total. The van der Waals surface area contributed by atoms with Gasteiger partial charge in [0.25, 0.3) is 0 Å². The number of hydrogen-bond acceptors (Lipinski definition) is 3. The van der Waals surface area contributed by atoms with Gasteiger partial charge in [-0.25, -0.2) is 0 Å². The minimum atomic E-state index is -0.310. The summed E-state index contributed by atoms with van der Waals surface area (Å²) < 4.78 is 4.96. The van der Waals surface area contributed by atoms with E-state index in [4.69, 9.17) is 4.74 Å². The highest BCUT2D eigenvalue weighted by Gasteiger charge is 1.96. The number of carbonyl (C=O) groups is 1. The van der Waals surface area contributed by atoms with E-state index in [2.05, 4.69) is 4.98 Å². The Kier molecular flexibility index (Phi) is 3.86. The smallest absolute Gasteiger partial charge is 0.308 e. The van der Waals surface area contributed by atoms with Gasteiger partial charge in [0.15, 0.2) is 0 Å². The van der Waals surface area contributed by atoms with Crippen LogP contribution in [-0.2, 0) is 4.79 Å². The summed E-state index contributed by atoms with van der Waals surface area (Å²) in [6.07, 6.45) is 7.50. The zero-order valence-corrected chi connectivity index (χ0v) is 10.0. The first-order chi connectivity index (χ1) is 8.74. The van der Waals surface area contributed by atoms with E-state index < -0.39 is 0 Å². The van der Waals surface area contributed by atoms with Gasteiger partial charge in [0.1, 0.15) is 5.75 Å². The highest BCUT2D eigenvalue weighted by molar-refractivity contribution is 5.71. The molecule has 0 fully saturated rings. The molecule has 3 heteroatoms. The lowest BCUT2D eigenvalue weighted by molar-refractivity contribution is -0.131. The molecule has 0 unspecified atom stereocenters. The van der Waals surface area contributed by atoms with Crippen molar-refractivity contribution in [2.75, 3.05) is 0 Å². The Bertz CT molecular complexity index is 544. The van der Waals surface area contributed by atoms with Gasteiger partial charge in [0.05, 0.1) is 0 Å². The molecule has 0 aliphatic carbocycles. The molecule has 0 saturated heterocycles. The van der Waals surface area contributed by atoms with E-state index in [-0.39, 0.29) is 5.97 Å². The van der Waals surface area contributed by atoms with E-state index in [1.54, 1.807) is 24.5 Å². The maximum Gasteiger partial charge on any atom is 0.308 e. The first-order valence-electron chi connectivity index (χ1n) is 5.60. The van der Waals surface area contributed by atoms with Crippen LogP contribution in [0.4, 0.5) is 0 Å². The van der Waals surface area contributed by atoms with Gasteiger partial charge in [0, 0.05) is 19.3 Å². The Labute approximate surface area is 106 Å². The fourth-order valence-corrected chi connectivity index (χ4v) is 1.48. The number of rotatable bonds is 3. The van der Waals surface area contributed by atoms with Crippen molar-refractivity contribution >= 4 is 18.1 Å². The fourth-order valence-electron chi connectivity index (χ4n) is 1.48. The van der Waals surface area contributed by atoms with Gasteiger partial charge in [-0.15, -0.1) is 0 Å². The average Bonchev–Trinajstić information content (AvgIpc) is 2.38. The quantitative estimate of drug-likeness (QED) is 0.610. The third kappa shape index (κ3) is 3.56. The van der Waals surface area contributed by atoms with Crippen molar-refractivity contribution in [3.05, 3.63) is 59.9 Å². The SMILES string of the molecule is CC(=O)Oc1ccc(C=Cc2ccncc2)cc1. The van der Waals surface area contributed by atoms with Crippen LogP contribution in [0.25, 0.3) is 12.2 Å². The molecule has 0 aliphatic heterocycles. The lowest BCUT2D eigenvalue weighted by Gasteiger charge is -2.00. The largest absolute Gasteiger partial charge is 0.427 e. The molecule has 2 rings (SSSR count). The lowest BCUT2D eigenvalue weighted by atomic mass is 10.1. The van der Waals surface area contributed by atoms with Crippen molar-refractivity contribution in [2.24, 2.45) is 0 Å². The molecular weight excluding hydrogens is 226 g/mol. The molecule has 0 amide bonds. The van der Waals surface area contributed by atoms with Crippen LogP contribution >= 0.6 is 0 Å². The van der Waals surface area contributed by atoms with Crippen LogP contribution in [0.2, 0.25) is 0 Å². The van der Waals surface area contributed by atoms with Crippen LogP contribution < -0.4 is 4.74 Å². The Hall–Kier alpha value is -2.42. The molecule has 0 aliphatic rings. The number of carbonyl (C=O) groups excluding carboxylic acids is 1. The van der Waals surface area contributed by atoms with Crippen molar-refractivity contribution in [3.8, 4) is 5.75 Å². The topological polar surface area (TPSA) is 39.2 Å². The fraction of sp³-hybridized carbons (Fsp3) is 0.0667. The Morgan fingerprint density at radius 1 is 1.00 bits per heavy atom. The summed E-state index contributed by atoms with van der Waals surface area (Å²) in [5.41, 5.74) is 2.14. The third-order valence-electron chi connectivity index (χ3n) is 2.32. The van der Waals surface area contributed by atoms with Crippen molar-refractivity contribution in [1.29, 1.82) is 0 Å². The molecule has 0 bridgehead atoms. The number of hydrogen-bond donors (Lipinski definition) is 0. The highest BCUT2D eigenvalue weighted by atomic mass is 16.5. The molecule has 1 heterocycles. The van der Waals surface area contributed by atoms with Crippen molar-refractivity contribution in [2.45, 2.75) is 6.92 Å². The predicted octanol–water partition coefficient (Wildman–Crippen LogP) is 3.18. The van der Waals surface area contributed by atoms with Gasteiger partial charge in [-0.2, -0.15) is 0 Å². The average molecular weight is 239 g/mol. The summed E-state index contributed by atoms with van der Waals surface area (Å²) in [6, 6.07) is 11.2. The number of aromatic nitrogens is 1. The zero-order valence-electron chi connectivity index (χ0n) is 10.0. The molecular formula is C15H13NO2. The van der Waals surface area contributed by atoms with E-state index in [9.17, 15) is 4.79 Å². The number of nitrogens with zero attached hydrogens (tertiary/aromatic N) is 1. The minimum Gasteiger partial charge on any atom is -0.427 e. The molecule has 1 aromatic carbocycles. The minimum absolute atomic E-state index is 0.310. The van der Waals surface area contributed by atoms with Gasteiger partial charge in [-0.3, -0.25) is 9.78 Å². The summed E-state index contributed by atoms with van der Waals surface area (Å²) >= 11 is 0. The van der Waals surface area contributed by atoms with Crippen molar-refractivity contribution in [1.82, 2.24) is 4.98 Å². The van der Waals surface area contributed by atoms with Crippen molar-refractivity contribution in [3.63, 3.8) is 0 Å². The number of pyridine rings is 1. The highest BCUT2D eigenvalue weighted by Crippen LogP contribution is 2.14. The number of benzene rings is 1. The van der Waals surface area contributed by atoms with Gasteiger partial charge >= 0.3 is 5.97 Å². The van der Waals surface area contributed by atoms with Crippen LogP contribution in [0.5, 0.6) is 5.75 Å². The normalized spacial score (nSPS) is 10.5. The zero-order chi connectivity index (χ0) is 12.8. The van der Waals surface area contributed by atoms with E-state index in [0.29, 0.717) is 5.75 Å². The Morgan fingerprint density at radius 3 is 2.11 bits per heavy atom. The summed E-state index contributed by atoms with van der Waals surface area (Å²) in [6.45, 7) is 1.39. The maximum absolute atomic E-state index is 10.8. The monoisotopic (exact) mass is 239 g/mol. The van der Waals surface area contributed by atoms with E-state index in [1.165, 1.54) is 6.92 Å². The van der Waals surface area contributed by atoms with Gasteiger partial charge < -0.3 is 4.74 Å². The molecule has 90 valence electrons. The molecule has 0 spiro atoms. The molecule has 0 saturated carbocycles. The molecule has 2 aromatic rings. The van der Waals surface area contributed by atoms with Crippen LogP contribution in [-0.4, -0.2) is 11.0 Å². The lowest BCUT2D eigenvalue weighted by Crippen LogP contribution is -2.00. The van der Waals surface area contributed by atoms with E-state index in [0.717, 1.165) is 11.1 Å². The standard InChI is InChI=1S/C15H13NO2/c1-12(17)18-15-6-4-13(5-7-15)2-3-14-8-10-16-11-9-14/h2-11H,1H3. The van der Waals surface area contributed by atoms with E-state index in [1.807, 2.05) is 36.4 Å². The maximum atomic E-state index is 10.8. The second kappa shape index (κ2) is 5.77. The van der Waals surface area contributed by atoms with Crippen LogP contribution in [0, 0.1) is 0 Å². The molecule has 0 atom stereocenters. The van der Waals surface area contributed by atoms with Crippen LogP contribution in [0.15, 0.2) is 48.8 Å². The molecule has 18 heavy (non-hydrogen) atoms. The van der Waals surface area contributed by atoms with Crippen molar-refractivity contribution < 1.29 is 9.53 Å². The number of ether oxygens (including phenoxy) is 1. The second-order valence-electron chi connectivity index (χ2n) is 3.78. The van der Waals surface area contributed by atoms with E-state index >= 15 is 0 Å². The summed E-state index contributed by atoms with van der Waals surface area (Å²) in [5, 5.41) is 0.